The second kappa shape index (κ2) is 9.27. The summed E-state index contributed by atoms with van der Waals surface area (Å²) in [5.74, 6) is 1.17. The Morgan fingerprint density at radius 1 is 0.645 bits per heavy atom. The molecule has 3 aromatic carbocycles. The van der Waals surface area contributed by atoms with E-state index in [-0.39, 0.29) is 15.5 Å². The fourth-order valence-corrected chi connectivity index (χ4v) is 4.79. The number of sulfonamides is 2. The van der Waals surface area contributed by atoms with E-state index in [9.17, 15) is 16.8 Å². The van der Waals surface area contributed by atoms with E-state index >= 15 is 0 Å². The molecule has 0 atom stereocenters. The standard InChI is InChI=1S/C21H22N2O6S2/c1-3-29-19-8-4-16(5-9-19)22-30(24,25)20-12-6-17(7-13-20)23-31(26,27)21-14-10-18(28-2)11-15-21/h4-15,22-23H,3H2,1-2H3. The number of benzene rings is 3. The molecule has 0 spiro atoms. The van der Waals surface area contributed by atoms with E-state index in [1.54, 1.807) is 24.3 Å². The predicted octanol–water partition coefficient (Wildman–Crippen LogP) is 3.70. The molecule has 0 fully saturated rings. The van der Waals surface area contributed by atoms with Gasteiger partial charge in [0, 0.05) is 11.4 Å². The second-order valence-electron chi connectivity index (χ2n) is 6.37. The fourth-order valence-electron chi connectivity index (χ4n) is 2.67. The number of rotatable bonds is 9. The molecule has 31 heavy (non-hydrogen) atoms. The van der Waals surface area contributed by atoms with E-state index in [1.165, 1.54) is 55.6 Å². The van der Waals surface area contributed by atoms with Gasteiger partial charge in [-0.05, 0) is 79.7 Å². The summed E-state index contributed by atoms with van der Waals surface area (Å²) >= 11 is 0. The number of nitrogens with one attached hydrogen (secondary N) is 2. The van der Waals surface area contributed by atoms with Crippen LogP contribution in [0.1, 0.15) is 6.92 Å². The summed E-state index contributed by atoms with van der Waals surface area (Å²) < 4.78 is 65.5. The Morgan fingerprint density at radius 2 is 1.03 bits per heavy atom. The summed E-state index contributed by atoms with van der Waals surface area (Å²) in [5, 5.41) is 0. The molecular formula is C21H22N2O6S2. The first-order chi connectivity index (χ1) is 14.7. The average molecular weight is 463 g/mol. The molecule has 164 valence electrons. The van der Waals surface area contributed by atoms with Crippen LogP contribution in [0.2, 0.25) is 0 Å². The van der Waals surface area contributed by atoms with Crippen LogP contribution in [0.15, 0.2) is 82.6 Å². The van der Waals surface area contributed by atoms with E-state index < -0.39 is 20.0 Å². The molecule has 0 aliphatic heterocycles. The SMILES string of the molecule is CCOc1ccc(NS(=O)(=O)c2ccc(NS(=O)(=O)c3ccc(OC)cc3)cc2)cc1. The predicted molar refractivity (Wildman–Crippen MR) is 119 cm³/mol. The maximum Gasteiger partial charge on any atom is 0.261 e. The minimum Gasteiger partial charge on any atom is -0.497 e. The Morgan fingerprint density at radius 3 is 1.45 bits per heavy atom. The lowest BCUT2D eigenvalue weighted by atomic mass is 10.3. The molecule has 0 bridgehead atoms. The molecule has 2 N–H and O–H groups in total. The maximum atomic E-state index is 12.6. The maximum absolute atomic E-state index is 12.6. The molecule has 0 aliphatic rings. The van der Waals surface area contributed by atoms with Crippen molar-refractivity contribution in [1.82, 2.24) is 0 Å². The molecule has 0 heterocycles. The zero-order valence-electron chi connectivity index (χ0n) is 16.9. The van der Waals surface area contributed by atoms with Crippen molar-refractivity contribution in [2.45, 2.75) is 16.7 Å². The van der Waals surface area contributed by atoms with Crippen LogP contribution in [0.3, 0.4) is 0 Å². The van der Waals surface area contributed by atoms with Crippen molar-refractivity contribution in [2.24, 2.45) is 0 Å². The molecule has 3 rings (SSSR count). The fraction of sp³-hybridized carbons (Fsp3) is 0.143. The van der Waals surface area contributed by atoms with Crippen LogP contribution in [0.25, 0.3) is 0 Å². The molecular weight excluding hydrogens is 440 g/mol. The lowest BCUT2D eigenvalue weighted by Gasteiger charge is -2.11. The minimum absolute atomic E-state index is 0.00576. The van der Waals surface area contributed by atoms with Crippen LogP contribution in [0.5, 0.6) is 11.5 Å². The highest BCUT2D eigenvalue weighted by molar-refractivity contribution is 7.93. The Labute approximate surface area is 181 Å². The molecule has 3 aromatic rings. The third kappa shape index (κ3) is 5.68. The van der Waals surface area contributed by atoms with Gasteiger partial charge in [0.25, 0.3) is 20.0 Å². The van der Waals surface area contributed by atoms with Crippen LogP contribution in [-0.4, -0.2) is 30.6 Å². The Hall–Kier alpha value is -3.24. The first-order valence-corrected chi connectivity index (χ1v) is 12.2. The van der Waals surface area contributed by atoms with E-state index in [2.05, 4.69) is 9.44 Å². The molecule has 0 aromatic heterocycles. The summed E-state index contributed by atoms with van der Waals surface area (Å²) in [6.45, 7) is 2.37. The highest BCUT2D eigenvalue weighted by atomic mass is 32.2. The van der Waals surface area contributed by atoms with Gasteiger partial charge >= 0.3 is 0 Å². The first kappa shape index (κ1) is 22.4. The highest BCUT2D eigenvalue weighted by Crippen LogP contribution is 2.23. The van der Waals surface area contributed by atoms with E-state index in [1.807, 2.05) is 6.92 Å². The number of hydrogen-bond acceptors (Lipinski definition) is 6. The van der Waals surface area contributed by atoms with Gasteiger partial charge in [-0.15, -0.1) is 0 Å². The lowest BCUT2D eigenvalue weighted by molar-refractivity contribution is 0.340. The molecule has 0 saturated heterocycles. The zero-order valence-corrected chi connectivity index (χ0v) is 18.5. The smallest absolute Gasteiger partial charge is 0.261 e. The average Bonchev–Trinajstić information content (AvgIpc) is 2.75. The van der Waals surface area contributed by atoms with Crippen molar-refractivity contribution in [2.75, 3.05) is 23.2 Å². The van der Waals surface area contributed by atoms with Gasteiger partial charge in [0.2, 0.25) is 0 Å². The van der Waals surface area contributed by atoms with Crippen LogP contribution >= 0.6 is 0 Å². The molecule has 0 unspecified atom stereocenters. The third-order valence-corrected chi connectivity index (χ3v) is 7.00. The molecule has 0 aliphatic carbocycles. The van der Waals surface area contributed by atoms with Gasteiger partial charge in [0.05, 0.1) is 23.5 Å². The zero-order chi connectivity index (χ0) is 22.5. The largest absolute Gasteiger partial charge is 0.497 e. The van der Waals surface area contributed by atoms with Gasteiger partial charge in [-0.1, -0.05) is 0 Å². The molecule has 0 radical (unpaired) electrons. The third-order valence-electron chi connectivity index (χ3n) is 4.20. The second-order valence-corrected chi connectivity index (χ2v) is 9.73. The van der Waals surface area contributed by atoms with Gasteiger partial charge in [0.15, 0.2) is 0 Å². The van der Waals surface area contributed by atoms with Crippen molar-refractivity contribution in [1.29, 1.82) is 0 Å². The van der Waals surface area contributed by atoms with Crippen LogP contribution < -0.4 is 18.9 Å². The first-order valence-electron chi connectivity index (χ1n) is 9.26. The summed E-state index contributed by atoms with van der Waals surface area (Å²) in [6.07, 6.45) is 0. The van der Waals surface area contributed by atoms with Crippen molar-refractivity contribution in [3.8, 4) is 11.5 Å². The summed E-state index contributed by atoms with van der Waals surface area (Å²) in [4.78, 5) is 0.0518. The van der Waals surface area contributed by atoms with Crippen molar-refractivity contribution >= 4 is 31.4 Å². The Kier molecular flexibility index (Phi) is 6.71. The number of ether oxygens (including phenoxy) is 2. The summed E-state index contributed by atoms with van der Waals surface area (Å²) in [7, 11) is -6.18. The van der Waals surface area contributed by atoms with Crippen LogP contribution in [-0.2, 0) is 20.0 Å². The van der Waals surface area contributed by atoms with Gasteiger partial charge in [0.1, 0.15) is 11.5 Å². The summed E-state index contributed by atoms with van der Waals surface area (Å²) in [5.41, 5.74) is 0.614. The topological polar surface area (TPSA) is 111 Å². The monoisotopic (exact) mass is 462 g/mol. The van der Waals surface area contributed by atoms with E-state index in [4.69, 9.17) is 9.47 Å². The van der Waals surface area contributed by atoms with Crippen molar-refractivity contribution < 1.29 is 26.3 Å². The highest BCUT2D eigenvalue weighted by Gasteiger charge is 2.17. The van der Waals surface area contributed by atoms with Crippen LogP contribution in [0.4, 0.5) is 11.4 Å². The van der Waals surface area contributed by atoms with Gasteiger partial charge < -0.3 is 9.47 Å². The normalized spacial score (nSPS) is 11.5. The Balaban J connectivity index is 1.72. The van der Waals surface area contributed by atoms with Gasteiger partial charge in [-0.2, -0.15) is 0 Å². The molecule has 10 heteroatoms. The lowest BCUT2D eigenvalue weighted by Crippen LogP contribution is -2.14. The van der Waals surface area contributed by atoms with E-state index in [0.717, 1.165) is 0 Å². The van der Waals surface area contributed by atoms with Gasteiger partial charge in [-0.3, -0.25) is 9.44 Å². The molecule has 8 nitrogen and oxygen atoms in total. The Bertz CT molecular complexity index is 1220. The molecule has 0 saturated carbocycles. The number of methoxy groups -OCH3 is 1. The van der Waals surface area contributed by atoms with Crippen molar-refractivity contribution in [3.05, 3.63) is 72.8 Å². The van der Waals surface area contributed by atoms with Gasteiger partial charge in [-0.25, -0.2) is 16.8 Å². The number of hydrogen-bond donors (Lipinski definition) is 2. The van der Waals surface area contributed by atoms with Crippen LogP contribution in [0, 0.1) is 0 Å². The minimum atomic E-state index is -3.84. The number of anilines is 2. The van der Waals surface area contributed by atoms with Crippen molar-refractivity contribution in [3.63, 3.8) is 0 Å². The quantitative estimate of drug-likeness (QED) is 0.502. The van der Waals surface area contributed by atoms with E-state index in [0.29, 0.717) is 23.8 Å². The molecule has 0 amide bonds. The summed E-state index contributed by atoms with van der Waals surface area (Å²) in [6, 6.07) is 17.8.